The minimum absolute atomic E-state index is 0.0678. The Bertz CT molecular complexity index is 664. The molecule has 0 saturated carbocycles. The second kappa shape index (κ2) is 8.95. The van der Waals surface area contributed by atoms with E-state index in [1.807, 2.05) is 23.1 Å². The minimum Gasteiger partial charge on any atom is -0.339 e. The van der Waals surface area contributed by atoms with Gasteiger partial charge in [0.05, 0.1) is 6.67 Å². The fourth-order valence-corrected chi connectivity index (χ4v) is 4.59. The average Bonchev–Trinajstić information content (AvgIpc) is 2.96. The zero-order chi connectivity index (χ0) is 20.1. The Morgan fingerprint density at radius 1 is 1.00 bits per heavy atom. The largest absolute Gasteiger partial charge is 0.339 e. The van der Waals surface area contributed by atoms with E-state index in [0.717, 1.165) is 57.5 Å². The van der Waals surface area contributed by atoms with Gasteiger partial charge in [-0.15, -0.1) is 0 Å². The lowest BCUT2D eigenvalue weighted by atomic mass is 9.86. The normalized spacial score (nSPS) is 20.1. The number of piperazine rings is 1. The van der Waals surface area contributed by atoms with Gasteiger partial charge in [-0.1, -0.05) is 44.9 Å². The van der Waals surface area contributed by atoms with Gasteiger partial charge in [0, 0.05) is 31.9 Å². The molecule has 2 fully saturated rings. The molecule has 0 N–H and O–H groups in total. The van der Waals surface area contributed by atoms with Crippen molar-refractivity contribution in [3.63, 3.8) is 0 Å². The highest BCUT2D eigenvalue weighted by molar-refractivity contribution is 5.96. The monoisotopic (exact) mass is 386 g/mol. The van der Waals surface area contributed by atoms with Gasteiger partial charge in [-0.2, -0.15) is 0 Å². The average molecular weight is 387 g/mol. The molecule has 0 unspecified atom stereocenters. The summed E-state index contributed by atoms with van der Waals surface area (Å²) in [7, 11) is 2.08. The van der Waals surface area contributed by atoms with Crippen LogP contribution in [-0.4, -0.2) is 78.5 Å². The molecule has 0 aromatic heterocycles. The summed E-state index contributed by atoms with van der Waals surface area (Å²) >= 11 is 0. The highest BCUT2D eigenvalue weighted by Crippen LogP contribution is 2.38. The molecule has 2 aliphatic heterocycles. The van der Waals surface area contributed by atoms with Crippen LogP contribution >= 0.6 is 0 Å². The van der Waals surface area contributed by atoms with Gasteiger partial charge in [-0.3, -0.25) is 9.59 Å². The van der Waals surface area contributed by atoms with Crippen LogP contribution in [0.2, 0.25) is 0 Å². The molecule has 0 radical (unpaired) electrons. The molecule has 1 aromatic rings. The van der Waals surface area contributed by atoms with Crippen molar-refractivity contribution in [2.75, 3.05) is 51.3 Å². The maximum atomic E-state index is 13.6. The van der Waals surface area contributed by atoms with E-state index in [1.54, 1.807) is 4.90 Å². The molecule has 6 heteroatoms. The van der Waals surface area contributed by atoms with Crippen molar-refractivity contribution < 1.29 is 9.59 Å². The number of likely N-dealkylation sites (N-methyl/N-ethyl adjacent to an activating group) is 1. The number of rotatable bonds is 7. The number of benzene rings is 1. The molecule has 3 rings (SSSR count). The Balaban J connectivity index is 1.81. The van der Waals surface area contributed by atoms with E-state index in [4.69, 9.17) is 0 Å². The van der Waals surface area contributed by atoms with E-state index in [2.05, 4.69) is 42.8 Å². The SMILES string of the molecule is CCCC1(CCC)C(=O)N(CC(=O)N2CCN(C)CC2)CN1c1ccccc1. The van der Waals surface area contributed by atoms with E-state index in [-0.39, 0.29) is 18.4 Å². The van der Waals surface area contributed by atoms with Crippen LogP contribution in [0.25, 0.3) is 0 Å². The Morgan fingerprint density at radius 2 is 1.61 bits per heavy atom. The van der Waals surface area contributed by atoms with Gasteiger partial charge >= 0.3 is 0 Å². The lowest BCUT2D eigenvalue weighted by Gasteiger charge is -2.37. The lowest BCUT2D eigenvalue weighted by Crippen LogP contribution is -2.51. The summed E-state index contributed by atoms with van der Waals surface area (Å²) in [6, 6.07) is 10.2. The standard InChI is InChI=1S/C22H34N4O2/c1-4-11-22(12-5-2)21(28)25(18-26(22)19-9-7-6-8-10-19)17-20(27)24-15-13-23(3)14-16-24/h6-10H,4-5,11-18H2,1-3H3. The molecule has 2 aliphatic rings. The number of hydrogen-bond donors (Lipinski definition) is 0. The van der Waals surface area contributed by atoms with Crippen molar-refractivity contribution >= 4 is 17.5 Å². The van der Waals surface area contributed by atoms with Gasteiger partial charge in [-0.05, 0) is 32.0 Å². The summed E-state index contributed by atoms with van der Waals surface area (Å²) in [5, 5.41) is 0. The third kappa shape index (κ3) is 4.02. The van der Waals surface area contributed by atoms with Gasteiger partial charge in [0.1, 0.15) is 12.1 Å². The van der Waals surface area contributed by atoms with Gasteiger partial charge < -0.3 is 19.6 Å². The summed E-state index contributed by atoms with van der Waals surface area (Å²) in [6.07, 6.45) is 3.51. The second-order valence-electron chi connectivity index (χ2n) is 8.12. The van der Waals surface area contributed by atoms with Crippen LogP contribution in [0.3, 0.4) is 0 Å². The van der Waals surface area contributed by atoms with E-state index < -0.39 is 5.54 Å². The minimum atomic E-state index is -0.534. The molecule has 2 saturated heterocycles. The van der Waals surface area contributed by atoms with Crippen molar-refractivity contribution in [1.29, 1.82) is 0 Å². The number of carbonyl (C=O) groups is 2. The smallest absolute Gasteiger partial charge is 0.250 e. The molecule has 0 bridgehead atoms. The number of nitrogens with zero attached hydrogens (tertiary/aromatic N) is 4. The third-order valence-electron chi connectivity index (χ3n) is 6.09. The lowest BCUT2D eigenvalue weighted by molar-refractivity contribution is -0.141. The molecule has 0 spiro atoms. The molecule has 6 nitrogen and oxygen atoms in total. The zero-order valence-corrected chi connectivity index (χ0v) is 17.6. The molecular formula is C22H34N4O2. The van der Waals surface area contributed by atoms with Crippen LogP contribution in [0.1, 0.15) is 39.5 Å². The molecule has 28 heavy (non-hydrogen) atoms. The maximum absolute atomic E-state index is 13.6. The number of anilines is 1. The summed E-state index contributed by atoms with van der Waals surface area (Å²) < 4.78 is 0. The first-order chi connectivity index (χ1) is 13.5. The number of amides is 2. The van der Waals surface area contributed by atoms with E-state index in [0.29, 0.717) is 6.67 Å². The summed E-state index contributed by atoms with van der Waals surface area (Å²) in [6.45, 7) is 8.21. The first kappa shape index (κ1) is 20.6. The van der Waals surface area contributed by atoms with Crippen LogP contribution in [-0.2, 0) is 9.59 Å². The highest BCUT2D eigenvalue weighted by atomic mass is 16.2. The molecule has 2 heterocycles. The number of hydrogen-bond acceptors (Lipinski definition) is 4. The summed E-state index contributed by atoms with van der Waals surface area (Å²) in [5.74, 6) is 0.181. The van der Waals surface area contributed by atoms with Crippen molar-refractivity contribution in [2.24, 2.45) is 0 Å². The molecular weight excluding hydrogens is 352 g/mol. The van der Waals surface area contributed by atoms with Crippen LogP contribution in [0.4, 0.5) is 5.69 Å². The summed E-state index contributed by atoms with van der Waals surface area (Å²) in [5.41, 5.74) is 0.528. The predicted molar refractivity (Wildman–Crippen MR) is 112 cm³/mol. The molecule has 2 amide bonds. The first-order valence-corrected chi connectivity index (χ1v) is 10.6. The van der Waals surface area contributed by atoms with Crippen molar-refractivity contribution in [2.45, 2.75) is 45.1 Å². The molecule has 0 atom stereocenters. The van der Waals surface area contributed by atoms with Gasteiger partial charge in [0.15, 0.2) is 0 Å². The number of para-hydroxylation sites is 1. The van der Waals surface area contributed by atoms with E-state index in [9.17, 15) is 9.59 Å². The van der Waals surface area contributed by atoms with Crippen molar-refractivity contribution in [1.82, 2.24) is 14.7 Å². The van der Waals surface area contributed by atoms with Crippen LogP contribution < -0.4 is 4.90 Å². The van der Waals surface area contributed by atoms with Gasteiger partial charge in [0.25, 0.3) is 0 Å². The predicted octanol–water partition coefficient (Wildman–Crippen LogP) is 2.41. The Kier molecular flexibility index (Phi) is 6.60. The van der Waals surface area contributed by atoms with E-state index >= 15 is 0 Å². The molecule has 1 aromatic carbocycles. The topological polar surface area (TPSA) is 47.1 Å². The van der Waals surface area contributed by atoms with Crippen LogP contribution in [0.5, 0.6) is 0 Å². The van der Waals surface area contributed by atoms with Crippen molar-refractivity contribution in [3.05, 3.63) is 30.3 Å². The Hall–Kier alpha value is -2.08. The van der Waals surface area contributed by atoms with Crippen LogP contribution in [0.15, 0.2) is 30.3 Å². The molecule has 0 aliphatic carbocycles. The second-order valence-corrected chi connectivity index (χ2v) is 8.12. The first-order valence-electron chi connectivity index (χ1n) is 10.6. The van der Waals surface area contributed by atoms with Gasteiger partial charge in [0.2, 0.25) is 11.8 Å². The Morgan fingerprint density at radius 3 is 2.18 bits per heavy atom. The molecule has 154 valence electrons. The van der Waals surface area contributed by atoms with Gasteiger partial charge in [-0.25, -0.2) is 0 Å². The fourth-order valence-electron chi connectivity index (χ4n) is 4.59. The number of carbonyl (C=O) groups excluding carboxylic acids is 2. The summed E-state index contributed by atoms with van der Waals surface area (Å²) in [4.78, 5) is 34.6. The Labute approximate surface area is 169 Å². The highest BCUT2D eigenvalue weighted by Gasteiger charge is 2.51. The maximum Gasteiger partial charge on any atom is 0.250 e. The van der Waals surface area contributed by atoms with Crippen LogP contribution in [0, 0.1) is 0 Å². The fraction of sp³-hybridized carbons (Fsp3) is 0.636. The van der Waals surface area contributed by atoms with E-state index in [1.165, 1.54) is 0 Å². The van der Waals surface area contributed by atoms with Crippen molar-refractivity contribution in [3.8, 4) is 0 Å². The zero-order valence-electron chi connectivity index (χ0n) is 17.6. The quantitative estimate of drug-likeness (QED) is 0.722. The third-order valence-corrected chi connectivity index (χ3v) is 6.09.